The molecule has 0 radical (unpaired) electrons. The van der Waals surface area contributed by atoms with Crippen LogP contribution in [0.1, 0.15) is 16.7 Å². The van der Waals surface area contributed by atoms with Crippen LogP contribution in [0, 0.1) is 6.92 Å². The molecule has 2 aromatic rings. The molecule has 2 aromatic carbocycles. The number of ether oxygens (including phenoxy) is 1. The van der Waals surface area contributed by atoms with E-state index in [0.717, 1.165) is 16.9 Å². The third-order valence-electron chi connectivity index (χ3n) is 4.20. The maximum absolute atomic E-state index is 12.1. The van der Waals surface area contributed by atoms with Crippen molar-refractivity contribution in [1.29, 1.82) is 0 Å². The number of amides is 1. The number of aliphatic imine (C=N–C) groups is 1. The molecular weight excluding hydrogens is 366 g/mol. The summed E-state index contributed by atoms with van der Waals surface area (Å²) in [5.41, 5.74) is 2.62. The van der Waals surface area contributed by atoms with Crippen LogP contribution in [-0.2, 0) is 21.2 Å². The number of fused-ring (bicyclic) bond motifs is 1. The molecule has 1 aliphatic heterocycles. The standard InChI is InChI=1S/C19H21N3O4S/c1-13-7-8-16(26-2)14(11-13)9-10-20-18(23)12-21-19-15-5-3-4-6-17(15)27(24,25)22-19/h3-8,11H,9-10,12H2,1-2H3,(H,20,23)(H,21,22). The Kier molecular flexibility index (Phi) is 5.46. The molecule has 7 nitrogen and oxygen atoms in total. The fourth-order valence-corrected chi connectivity index (χ4v) is 4.15. The SMILES string of the molecule is COc1ccc(C)cc1CCNC(=O)CN=C1NS(=O)(=O)c2ccccc21. The van der Waals surface area contributed by atoms with Crippen molar-refractivity contribution in [2.24, 2.45) is 4.99 Å². The van der Waals surface area contributed by atoms with Crippen LogP contribution in [-0.4, -0.2) is 40.4 Å². The molecule has 1 amide bonds. The Labute approximate surface area is 158 Å². The Morgan fingerprint density at radius 2 is 2.00 bits per heavy atom. The van der Waals surface area contributed by atoms with Gasteiger partial charge in [-0.05, 0) is 37.1 Å². The van der Waals surface area contributed by atoms with E-state index in [9.17, 15) is 13.2 Å². The number of sulfonamides is 1. The smallest absolute Gasteiger partial charge is 0.263 e. The average molecular weight is 387 g/mol. The molecule has 0 unspecified atom stereocenters. The molecule has 27 heavy (non-hydrogen) atoms. The number of benzene rings is 2. The van der Waals surface area contributed by atoms with Crippen LogP contribution >= 0.6 is 0 Å². The van der Waals surface area contributed by atoms with E-state index < -0.39 is 10.0 Å². The number of carbonyl (C=O) groups excluding carboxylic acids is 1. The third-order valence-corrected chi connectivity index (χ3v) is 5.59. The van der Waals surface area contributed by atoms with Gasteiger partial charge in [0.2, 0.25) is 5.91 Å². The minimum absolute atomic E-state index is 0.156. The third kappa shape index (κ3) is 4.28. The number of carbonyl (C=O) groups is 1. The van der Waals surface area contributed by atoms with Crippen LogP contribution in [0.25, 0.3) is 0 Å². The lowest BCUT2D eigenvalue weighted by Crippen LogP contribution is -2.29. The highest BCUT2D eigenvalue weighted by Gasteiger charge is 2.30. The van der Waals surface area contributed by atoms with Crippen LogP contribution < -0.4 is 14.8 Å². The van der Waals surface area contributed by atoms with Gasteiger partial charge in [0.15, 0.2) is 0 Å². The fourth-order valence-electron chi connectivity index (χ4n) is 2.90. The molecule has 2 N–H and O–H groups in total. The molecule has 0 fully saturated rings. The van der Waals surface area contributed by atoms with E-state index in [1.165, 1.54) is 6.07 Å². The lowest BCUT2D eigenvalue weighted by Gasteiger charge is -2.10. The first-order chi connectivity index (χ1) is 12.9. The summed E-state index contributed by atoms with van der Waals surface area (Å²) in [5, 5.41) is 2.79. The molecule has 1 aliphatic rings. The molecule has 0 saturated carbocycles. The normalized spacial score (nSPS) is 15.9. The van der Waals surface area contributed by atoms with Crippen molar-refractivity contribution in [1.82, 2.24) is 10.0 Å². The van der Waals surface area contributed by atoms with Crippen molar-refractivity contribution in [3.05, 3.63) is 59.2 Å². The Hall–Kier alpha value is -2.87. The average Bonchev–Trinajstić information content (AvgIpc) is 2.91. The monoisotopic (exact) mass is 387 g/mol. The molecular formula is C19H21N3O4S. The lowest BCUT2D eigenvalue weighted by atomic mass is 10.1. The zero-order chi connectivity index (χ0) is 19.4. The first-order valence-electron chi connectivity index (χ1n) is 8.47. The van der Waals surface area contributed by atoms with Gasteiger partial charge in [-0.3, -0.25) is 14.5 Å². The summed E-state index contributed by atoms with van der Waals surface area (Å²) >= 11 is 0. The summed E-state index contributed by atoms with van der Waals surface area (Å²) in [6.07, 6.45) is 0.628. The van der Waals surface area contributed by atoms with Crippen LogP contribution in [0.15, 0.2) is 52.4 Å². The molecule has 0 atom stereocenters. The van der Waals surface area contributed by atoms with Gasteiger partial charge < -0.3 is 10.1 Å². The highest BCUT2D eigenvalue weighted by Crippen LogP contribution is 2.22. The summed E-state index contributed by atoms with van der Waals surface area (Å²) in [4.78, 5) is 16.4. The van der Waals surface area contributed by atoms with Crippen molar-refractivity contribution >= 4 is 21.8 Å². The van der Waals surface area contributed by atoms with Gasteiger partial charge in [-0.15, -0.1) is 0 Å². The van der Waals surface area contributed by atoms with Crippen LogP contribution in [0.3, 0.4) is 0 Å². The predicted molar refractivity (Wildman–Crippen MR) is 103 cm³/mol. The fraction of sp³-hybridized carbons (Fsp3) is 0.263. The van der Waals surface area contributed by atoms with E-state index in [1.807, 2.05) is 25.1 Å². The van der Waals surface area contributed by atoms with Gasteiger partial charge in [0.25, 0.3) is 10.0 Å². The molecule has 1 heterocycles. The zero-order valence-electron chi connectivity index (χ0n) is 15.2. The number of nitrogens with one attached hydrogen (secondary N) is 2. The van der Waals surface area contributed by atoms with Gasteiger partial charge in [-0.2, -0.15) is 0 Å². The maximum atomic E-state index is 12.1. The van der Waals surface area contributed by atoms with E-state index in [0.29, 0.717) is 18.5 Å². The number of hydrogen-bond donors (Lipinski definition) is 2. The molecule has 8 heteroatoms. The largest absolute Gasteiger partial charge is 0.496 e. The van der Waals surface area contributed by atoms with E-state index in [-0.39, 0.29) is 23.2 Å². The Balaban J connectivity index is 1.58. The van der Waals surface area contributed by atoms with Crippen molar-refractivity contribution in [3.8, 4) is 5.75 Å². The number of nitrogens with zero attached hydrogens (tertiary/aromatic N) is 1. The number of rotatable bonds is 6. The molecule has 142 valence electrons. The van der Waals surface area contributed by atoms with Crippen molar-refractivity contribution in [3.63, 3.8) is 0 Å². The molecule has 0 saturated heterocycles. The second-order valence-electron chi connectivity index (χ2n) is 6.18. The Bertz CT molecular complexity index is 1000. The zero-order valence-corrected chi connectivity index (χ0v) is 16.0. The highest BCUT2D eigenvalue weighted by atomic mass is 32.2. The van der Waals surface area contributed by atoms with Crippen LogP contribution in [0.4, 0.5) is 0 Å². The number of methoxy groups -OCH3 is 1. The van der Waals surface area contributed by atoms with E-state index in [2.05, 4.69) is 15.0 Å². The number of hydrogen-bond acceptors (Lipinski definition) is 5. The molecule has 0 aliphatic carbocycles. The topological polar surface area (TPSA) is 96.9 Å². The summed E-state index contributed by atoms with van der Waals surface area (Å²) in [7, 11) is -1.98. The lowest BCUT2D eigenvalue weighted by molar-refractivity contribution is -0.119. The predicted octanol–water partition coefficient (Wildman–Crippen LogP) is 1.40. The van der Waals surface area contributed by atoms with E-state index in [4.69, 9.17) is 4.74 Å². The van der Waals surface area contributed by atoms with Gasteiger partial charge in [-0.1, -0.05) is 29.8 Å². The molecule has 3 rings (SSSR count). The minimum atomic E-state index is -3.59. The van der Waals surface area contributed by atoms with E-state index in [1.54, 1.807) is 25.3 Å². The maximum Gasteiger partial charge on any atom is 0.263 e. The molecule has 0 spiro atoms. The van der Waals surface area contributed by atoms with Gasteiger partial charge in [-0.25, -0.2) is 8.42 Å². The highest BCUT2D eigenvalue weighted by molar-refractivity contribution is 7.90. The van der Waals surface area contributed by atoms with Crippen molar-refractivity contribution in [2.75, 3.05) is 20.2 Å². The van der Waals surface area contributed by atoms with Gasteiger partial charge >= 0.3 is 0 Å². The summed E-state index contributed by atoms with van der Waals surface area (Å²) in [5.74, 6) is 0.700. The van der Waals surface area contributed by atoms with Gasteiger partial charge in [0, 0.05) is 12.1 Å². The van der Waals surface area contributed by atoms with E-state index >= 15 is 0 Å². The van der Waals surface area contributed by atoms with Crippen LogP contribution in [0.2, 0.25) is 0 Å². The summed E-state index contributed by atoms with van der Waals surface area (Å²) < 4.78 is 31.7. The number of amidine groups is 1. The van der Waals surface area contributed by atoms with Gasteiger partial charge in [0.1, 0.15) is 18.1 Å². The second kappa shape index (κ2) is 7.79. The Morgan fingerprint density at radius 3 is 2.78 bits per heavy atom. The minimum Gasteiger partial charge on any atom is -0.496 e. The van der Waals surface area contributed by atoms with Crippen molar-refractivity contribution in [2.45, 2.75) is 18.2 Å². The quantitative estimate of drug-likeness (QED) is 0.783. The first kappa shape index (κ1) is 18.9. The summed E-state index contributed by atoms with van der Waals surface area (Å²) in [6, 6.07) is 12.4. The second-order valence-corrected chi connectivity index (χ2v) is 7.83. The number of aryl methyl sites for hydroxylation is 1. The van der Waals surface area contributed by atoms with Crippen LogP contribution in [0.5, 0.6) is 5.75 Å². The summed E-state index contributed by atoms with van der Waals surface area (Å²) in [6.45, 7) is 2.28. The van der Waals surface area contributed by atoms with Crippen molar-refractivity contribution < 1.29 is 17.9 Å². The van der Waals surface area contributed by atoms with Gasteiger partial charge in [0.05, 0.1) is 12.0 Å². The molecule has 0 aromatic heterocycles. The first-order valence-corrected chi connectivity index (χ1v) is 9.96. The molecule has 0 bridgehead atoms. The Morgan fingerprint density at radius 1 is 1.22 bits per heavy atom.